The van der Waals surface area contributed by atoms with Crippen LogP contribution >= 0.6 is 11.6 Å². The lowest BCUT2D eigenvalue weighted by Gasteiger charge is -2.13. The molecule has 0 saturated carbocycles. The summed E-state index contributed by atoms with van der Waals surface area (Å²) in [6, 6.07) is 4.47. The van der Waals surface area contributed by atoms with E-state index >= 15 is 0 Å². The van der Waals surface area contributed by atoms with Crippen molar-refractivity contribution in [2.45, 2.75) is 6.42 Å². The van der Waals surface area contributed by atoms with E-state index in [1.54, 1.807) is 14.1 Å². The minimum absolute atomic E-state index is 0.0141. The Morgan fingerprint density at radius 2 is 2.06 bits per heavy atom. The highest BCUT2D eigenvalue weighted by Crippen LogP contribution is 2.28. The van der Waals surface area contributed by atoms with Crippen LogP contribution in [-0.2, 0) is 4.79 Å². The maximum atomic E-state index is 11.3. The van der Waals surface area contributed by atoms with E-state index in [-0.39, 0.29) is 35.3 Å². The Bertz CT molecular complexity index is 459. The SMILES string of the molecule is CN(C)C(=O)CCOc1c(Cl)cccc1C(=O)O. The van der Waals surface area contributed by atoms with Gasteiger partial charge in [0.1, 0.15) is 5.56 Å². The number of aromatic carboxylic acids is 1. The number of para-hydroxylation sites is 1. The molecule has 0 aliphatic heterocycles. The van der Waals surface area contributed by atoms with Crippen LogP contribution < -0.4 is 4.74 Å². The standard InChI is InChI=1S/C12H14ClNO4/c1-14(2)10(15)6-7-18-11-8(12(16)17)4-3-5-9(11)13/h3-5H,6-7H2,1-2H3,(H,16,17). The van der Waals surface area contributed by atoms with E-state index in [0.717, 1.165) is 0 Å². The van der Waals surface area contributed by atoms with Gasteiger partial charge in [-0.2, -0.15) is 0 Å². The Kier molecular flexibility index (Phi) is 4.97. The minimum atomic E-state index is -1.12. The molecular weight excluding hydrogens is 258 g/mol. The van der Waals surface area contributed by atoms with E-state index in [1.165, 1.54) is 23.1 Å². The molecule has 0 saturated heterocycles. The van der Waals surface area contributed by atoms with E-state index in [2.05, 4.69) is 0 Å². The van der Waals surface area contributed by atoms with Crippen LogP contribution in [0.1, 0.15) is 16.8 Å². The number of benzene rings is 1. The van der Waals surface area contributed by atoms with Crippen LogP contribution in [0.3, 0.4) is 0 Å². The molecule has 0 radical (unpaired) electrons. The summed E-state index contributed by atoms with van der Waals surface area (Å²) >= 11 is 5.87. The van der Waals surface area contributed by atoms with Crippen molar-refractivity contribution in [2.24, 2.45) is 0 Å². The van der Waals surface area contributed by atoms with Gasteiger partial charge in [-0.15, -0.1) is 0 Å². The van der Waals surface area contributed by atoms with Crippen molar-refractivity contribution in [1.29, 1.82) is 0 Å². The van der Waals surface area contributed by atoms with Gasteiger partial charge in [0.05, 0.1) is 18.1 Å². The van der Waals surface area contributed by atoms with Gasteiger partial charge in [0, 0.05) is 14.1 Å². The summed E-state index contributed by atoms with van der Waals surface area (Å²) in [4.78, 5) is 23.7. The smallest absolute Gasteiger partial charge is 0.339 e. The van der Waals surface area contributed by atoms with Gasteiger partial charge in [0.2, 0.25) is 5.91 Å². The second-order valence-electron chi connectivity index (χ2n) is 3.81. The van der Waals surface area contributed by atoms with Gasteiger partial charge >= 0.3 is 5.97 Å². The first-order valence-corrected chi connectivity index (χ1v) is 5.66. The van der Waals surface area contributed by atoms with Crippen LogP contribution in [0.2, 0.25) is 5.02 Å². The normalized spacial score (nSPS) is 9.94. The van der Waals surface area contributed by atoms with E-state index < -0.39 is 5.97 Å². The molecule has 18 heavy (non-hydrogen) atoms. The third-order valence-electron chi connectivity index (χ3n) is 2.26. The fourth-order valence-electron chi connectivity index (χ4n) is 1.29. The number of carboxylic acid groups (broad SMARTS) is 1. The number of carboxylic acids is 1. The third kappa shape index (κ3) is 3.63. The lowest BCUT2D eigenvalue weighted by atomic mass is 10.2. The monoisotopic (exact) mass is 271 g/mol. The lowest BCUT2D eigenvalue weighted by molar-refractivity contribution is -0.129. The van der Waals surface area contributed by atoms with Crippen LogP contribution in [0.5, 0.6) is 5.75 Å². The van der Waals surface area contributed by atoms with Crippen LogP contribution in [0, 0.1) is 0 Å². The number of halogens is 1. The highest BCUT2D eigenvalue weighted by atomic mass is 35.5. The third-order valence-corrected chi connectivity index (χ3v) is 2.56. The second-order valence-corrected chi connectivity index (χ2v) is 4.22. The average Bonchev–Trinajstić information content (AvgIpc) is 2.30. The van der Waals surface area contributed by atoms with Gasteiger partial charge in [-0.05, 0) is 12.1 Å². The van der Waals surface area contributed by atoms with Crippen molar-refractivity contribution in [3.8, 4) is 5.75 Å². The minimum Gasteiger partial charge on any atom is -0.491 e. The fraction of sp³-hybridized carbons (Fsp3) is 0.333. The molecule has 1 aromatic rings. The summed E-state index contributed by atoms with van der Waals surface area (Å²) in [7, 11) is 3.28. The van der Waals surface area contributed by atoms with Crippen LogP contribution in [0.15, 0.2) is 18.2 Å². The summed E-state index contributed by atoms with van der Waals surface area (Å²) in [6.07, 6.45) is 0.164. The molecule has 0 heterocycles. The van der Waals surface area contributed by atoms with E-state index in [1.807, 2.05) is 0 Å². The maximum Gasteiger partial charge on any atom is 0.339 e. The number of hydrogen-bond acceptors (Lipinski definition) is 3. The first kappa shape index (κ1) is 14.3. The number of carbonyl (C=O) groups excluding carboxylic acids is 1. The molecule has 0 spiro atoms. The van der Waals surface area contributed by atoms with Gasteiger partial charge in [-0.25, -0.2) is 4.79 Å². The number of rotatable bonds is 5. The molecule has 0 aliphatic carbocycles. The molecule has 1 rings (SSSR count). The maximum absolute atomic E-state index is 11.3. The predicted octanol–water partition coefficient (Wildman–Crippen LogP) is 1.90. The van der Waals surface area contributed by atoms with Crippen molar-refractivity contribution < 1.29 is 19.4 Å². The zero-order chi connectivity index (χ0) is 13.7. The number of amides is 1. The van der Waals surface area contributed by atoms with E-state index in [0.29, 0.717) is 0 Å². The molecule has 0 aromatic heterocycles. The highest BCUT2D eigenvalue weighted by molar-refractivity contribution is 6.32. The summed E-state index contributed by atoms with van der Waals surface area (Å²) in [5.41, 5.74) is -0.0141. The summed E-state index contributed by atoms with van der Waals surface area (Å²) in [5, 5.41) is 9.19. The van der Waals surface area contributed by atoms with Gasteiger partial charge in [0.15, 0.2) is 5.75 Å². The summed E-state index contributed by atoms with van der Waals surface area (Å²) < 4.78 is 5.29. The predicted molar refractivity (Wildman–Crippen MR) is 67.2 cm³/mol. The first-order valence-electron chi connectivity index (χ1n) is 5.28. The van der Waals surface area contributed by atoms with Gasteiger partial charge < -0.3 is 14.7 Å². The molecule has 0 fully saturated rings. The number of carbonyl (C=O) groups is 2. The van der Waals surface area contributed by atoms with E-state index in [9.17, 15) is 9.59 Å². The molecule has 98 valence electrons. The van der Waals surface area contributed by atoms with Crippen molar-refractivity contribution >= 4 is 23.5 Å². The number of hydrogen-bond donors (Lipinski definition) is 1. The molecular formula is C12H14ClNO4. The lowest BCUT2D eigenvalue weighted by Crippen LogP contribution is -2.23. The molecule has 0 aliphatic rings. The average molecular weight is 272 g/mol. The Labute approximate surface area is 110 Å². The zero-order valence-electron chi connectivity index (χ0n) is 10.1. The van der Waals surface area contributed by atoms with Crippen molar-refractivity contribution in [3.63, 3.8) is 0 Å². The Hall–Kier alpha value is -1.75. The van der Waals surface area contributed by atoms with Gasteiger partial charge in [0.25, 0.3) is 0 Å². The van der Waals surface area contributed by atoms with Crippen molar-refractivity contribution in [2.75, 3.05) is 20.7 Å². The molecule has 0 atom stereocenters. The molecule has 0 unspecified atom stereocenters. The number of nitrogens with zero attached hydrogens (tertiary/aromatic N) is 1. The summed E-state index contributed by atoms with van der Waals surface area (Å²) in [6.45, 7) is 0.0844. The van der Waals surface area contributed by atoms with Crippen LogP contribution in [0.4, 0.5) is 0 Å². The van der Waals surface area contributed by atoms with Crippen LogP contribution in [-0.4, -0.2) is 42.6 Å². The fourth-order valence-corrected chi connectivity index (χ4v) is 1.52. The van der Waals surface area contributed by atoms with Crippen LogP contribution in [0.25, 0.3) is 0 Å². The first-order chi connectivity index (χ1) is 8.43. The van der Waals surface area contributed by atoms with Gasteiger partial charge in [-0.3, -0.25) is 4.79 Å². The van der Waals surface area contributed by atoms with Crippen molar-refractivity contribution in [3.05, 3.63) is 28.8 Å². The number of ether oxygens (including phenoxy) is 1. The molecule has 1 N–H and O–H groups in total. The van der Waals surface area contributed by atoms with E-state index in [4.69, 9.17) is 21.4 Å². The Balaban J connectivity index is 2.73. The topological polar surface area (TPSA) is 66.8 Å². The highest BCUT2D eigenvalue weighted by Gasteiger charge is 2.15. The summed E-state index contributed by atoms with van der Waals surface area (Å²) in [5.74, 6) is -1.12. The largest absolute Gasteiger partial charge is 0.491 e. The molecule has 0 bridgehead atoms. The molecule has 6 heteroatoms. The Morgan fingerprint density at radius 3 is 2.61 bits per heavy atom. The Morgan fingerprint density at radius 1 is 1.39 bits per heavy atom. The van der Waals surface area contributed by atoms with Crippen molar-refractivity contribution in [1.82, 2.24) is 4.90 Å². The zero-order valence-corrected chi connectivity index (χ0v) is 10.9. The van der Waals surface area contributed by atoms with Gasteiger partial charge in [-0.1, -0.05) is 17.7 Å². The molecule has 1 amide bonds. The molecule has 5 nitrogen and oxygen atoms in total. The quantitative estimate of drug-likeness (QED) is 0.888. The second kappa shape index (κ2) is 6.26. The molecule has 1 aromatic carbocycles.